The van der Waals surface area contributed by atoms with Gasteiger partial charge in [-0.2, -0.15) is 0 Å². The monoisotopic (exact) mass is 679 g/mol. The second-order valence-electron chi connectivity index (χ2n) is 19.0. The van der Waals surface area contributed by atoms with E-state index in [0.717, 1.165) is 32.1 Å². The Labute approximate surface area is 294 Å². The lowest BCUT2D eigenvalue weighted by molar-refractivity contribution is -0.432. The van der Waals surface area contributed by atoms with E-state index < -0.39 is 22.4 Å². The second-order valence-corrected chi connectivity index (χ2v) is 19.0. The van der Waals surface area contributed by atoms with Crippen LogP contribution in [0.3, 0.4) is 0 Å². The molecule has 48 heavy (non-hydrogen) atoms. The van der Waals surface area contributed by atoms with E-state index in [-0.39, 0.29) is 24.6 Å². The van der Waals surface area contributed by atoms with E-state index in [1.54, 1.807) is 0 Å². The third-order valence-corrected chi connectivity index (χ3v) is 11.4. The Morgan fingerprint density at radius 3 is 1.73 bits per heavy atom. The maximum atomic E-state index is 13.1. The van der Waals surface area contributed by atoms with Gasteiger partial charge in [0.05, 0.1) is 17.8 Å². The number of hydrogen-bond donors (Lipinski definition) is 0. The molecule has 0 amide bonds. The second kappa shape index (κ2) is 17.0. The van der Waals surface area contributed by atoms with Crippen LogP contribution in [-0.4, -0.2) is 47.7 Å². The van der Waals surface area contributed by atoms with Crippen LogP contribution in [0.5, 0.6) is 0 Å². The zero-order chi connectivity index (χ0) is 36.1. The van der Waals surface area contributed by atoms with Crippen LogP contribution in [0.4, 0.5) is 0 Å². The molecule has 3 aliphatic rings. The molecule has 0 aromatic heterocycles. The van der Waals surface area contributed by atoms with Crippen molar-refractivity contribution >= 4 is 5.97 Å². The smallest absolute Gasteiger partial charge is 0.333 e. The number of epoxide rings is 1. The molecule has 0 bridgehead atoms. The summed E-state index contributed by atoms with van der Waals surface area (Å²) in [6, 6.07) is 0. The van der Waals surface area contributed by atoms with Crippen LogP contribution in [0.25, 0.3) is 0 Å². The summed E-state index contributed by atoms with van der Waals surface area (Å²) in [5.74, 6) is 3.48. The average molecular weight is 679 g/mol. The Kier molecular flexibility index (Phi) is 14.7. The lowest BCUT2D eigenvalue weighted by Crippen LogP contribution is -2.52. The van der Waals surface area contributed by atoms with Gasteiger partial charge >= 0.3 is 5.97 Å². The van der Waals surface area contributed by atoms with Crippen molar-refractivity contribution in [3.63, 3.8) is 0 Å². The van der Waals surface area contributed by atoms with Crippen LogP contribution in [0.1, 0.15) is 154 Å². The first-order valence-corrected chi connectivity index (χ1v) is 19.3. The minimum Gasteiger partial charge on any atom is -0.459 e. The van der Waals surface area contributed by atoms with E-state index in [0.29, 0.717) is 66.4 Å². The van der Waals surface area contributed by atoms with Crippen molar-refractivity contribution in [3.8, 4) is 0 Å². The lowest BCUT2D eigenvalue weighted by Gasteiger charge is -2.51. The fourth-order valence-corrected chi connectivity index (χ4v) is 8.43. The molecule has 0 N–H and O–H groups in total. The highest BCUT2D eigenvalue weighted by Crippen LogP contribution is 2.52. The lowest BCUT2D eigenvalue weighted by atomic mass is 9.59. The first-order valence-electron chi connectivity index (χ1n) is 19.3. The molecular weight excluding hydrogens is 604 g/mol. The van der Waals surface area contributed by atoms with E-state index in [9.17, 15) is 4.79 Å². The predicted octanol–water partition coefficient (Wildman–Crippen LogP) is 10.5. The van der Waals surface area contributed by atoms with Gasteiger partial charge in [-0.1, -0.05) is 61.0 Å². The zero-order valence-corrected chi connectivity index (χ0v) is 33.2. The van der Waals surface area contributed by atoms with Gasteiger partial charge in [-0.3, -0.25) is 0 Å². The Hall–Kier alpha value is -0.990. The van der Waals surface area contributed by atoms with Crippen LogP contribution >= 0.6 is 0 Å². The summed E-state index contributed by atoms with van der Waals surface area (Å²) >= 11 is 0. The average Bonchev–Trinajstić information content (AvgIpc) is 3.82. The van der Waals surface area contributed by atoms with Gasteiger partial charge in [-0.15, -0.1) is 0 Å². The first kappa shape index (κ1) is 41.4. The van der Waals surface area contributed by atoms with E-state index in [4.69, 9.17) is 29.0 Å². The number of rotatable bonds is 17. The summed E-state index contributed by atoms with van der Waals surface area (Å²) in [4.78, 5) is 39.3. The molecule has 1 heterocycles. The summed E-state index contributed by atoms with van der Waals surface area (Å²) in [5.41, 5.74) is -1.68. The third kappa shape index (κ3) is 12.4. The summed E-state index contributed by atoms with van der Waals surface area (Å²) < 4.78 is 10.8. The van der Waals surface area contributed by atoms with Gasteiger partial charge in [0.1, 0.15) is 23.9 Å². The number of carbonyl (C=O) groups excluding carboxylic acids is 1. The van der Waals surface area contributed by atoms with Crippen molar-refractivity contribution in [1.82, 2.24) is 0 Å². The zero-order valence-electron chi connectivity index (χ0n) is 33.2. The highest BCUT2D eigenvalue weighted by atomic mass is 17.2. The Morgan fingerprint density at radius 1 is 0.729 bits per heavy atom. The van der Waals surface area contributed by atoms with Crippen molar-refractivity contribution in [2.75, 3.05) is 13.2 Å². The largest absolute Gasteiger partial charge is 0.459 e. The first-order chi connectivity index (χ1) is 22.1. The Morgan fingerprint density at radius 2 is 1.23 bits per heavy atom. The minimum atomic E-state index is -0.667. The molecule has 0 radical (unpaired) electrons. The van der Waals surface area contributed by atoms with E-state index in [1.165, 1.54) is 19.3 Å². The maximum absolute atomic E-state index is 13.1. The van der Waals surface area contributed by atoms with Crippen LogP contribution in [0.15, 0.2) is 12.2 Å². The SMILES string of the molecule is C=C(CCC(CCC(C)(OOC(C)(C)C)C1CC(C)CCC1C(C)C)(OOC(C)(C)C)C1CC(C)CCC1C(C)C)C(=O)OCC1CO1. The van der Waals surface area contributed by atoms with Gasteiger partial charge in [0.25, 0.3) is 0 Å². The van der Waals surface area contributed by atoms with Gasteiger partial charge in [0, 0.05) is 5.57 Å². The number of ether oxygens (including phenoxy) is 2. The van der Waals surface area contributed by atoms with Crippen LogP contribution < -0.4 is 0 Å². The van der Waals surface area contributed by atoms with Crippen molar-refractivity contribution in [2.24, 2.45) is 47.3 Å². The molecule has 2 aliphatic carbocycles. The van der Waals surface area contributed by atoms with Gasteiger partial charge in [0.2, 0.25) is 0 Å². The van der Waals surface area contributed by atoms with Crippen LogP contribution in [0, 0.1) is 47.3 Å². The summed E-state index contributed by atoms with van der Waals surface area (Å²) in [6.45, 7) is 33.9. The van der Waals surface area contributed by atoms with E-state index in [2.05, 4.69) is 75.8 Å². The van der Waals surface area contributed by atoms with Gasteiger partial charge in [0.15, 0.2) is 0 Å². The predicted molar refractivity (Wildman–Crippen MR) is 193 cm³/mol. The third-order valence-electron chi connectivity index (χ3n) is 11.4. The molecule has 9 atom stereocenters. The highest BCUT2D eigenvalue weighted by Gasteiger charge is 2.52. The number of hydrogen-bond acceptors (Lipinski definition) is 7. The molecule has 1 aliphatic heterocycles. The quantitative estimate of drug-likeness (QED) is 0.0498. The standard InChI is InChI=1S/C41H74O7/c1-27(2)33-17-15-29(5)23-35(33)40(14,47-45-38(8,9)10)21-22-41(48-46-39(11,12)13,36-24-30(6)16-18-34(36)28(3)4)20-19-31(7)37(42)44-26-32-25-43-32/h27-30,32-36H,7,15-26H2,1-6,8-14H3. The summed E-state index contributed by atoms with van der Waals surface area (Å²) in [5, 5.41) is 0. The van der Waals surface area contributed by atoms with Gasteiger partial charge in [-0.05, 0) is 147 Å². The molecule has 0 aromatic rings. The molecule has 1 saturated heterocycles. The van der Waals surface area contributed by atoms with Crippen LogP contribution in [-0.2, 0) is 33.8 Å². The Balaban J connectivity index is 2.06. The van der Waals surface area contributed by atoms with Gasteiger partial charge < -0.3 is 9.47 Å². The fraction of sp³-hybridized carbons (Fsp3) is 0.927. The van der Waals surface area contributed by atoms with Crippen molar-refractivity contribution in [3.05, 3.63) is 12.2 Å². The molecule has 7 heteroatoms. The van der Waals surface area contributed by atoms with Crippen molar-refractivity contribution in [2.45, 2.75) is 183 Å². The van der Waals surface area contributed by atoms with E-state index in [1.807, 2.05) is 20.8 Å². The number of carbonyl (C=O) groups is 1. The van der Waals surface area contributed by atoms with Gasteiger partial charge in [-0.25, -0.2) is 24.3 Å². The summed E-state index contributed by atoms with van der Waals surface area (Å²) in [7, 11) is 0. The molecule has 280 valence electrons. The van der Waals surface area contributed by atoms with Crippen molar-refractivity contribution in [1.29, 1.82) is 0 Å². The molecule has 7 nitrogen and oxygen atoms in total. The van der Waals surface area contributed by atoms with Crippen molar-refractivity contribution < 1.29 is 33.8 Å². The molecular formula is C41H74O7. The Bertz CT molecular complexity index is 1020. The normalized spacial score (nSPS) is 30.9. The van der Waals surface area contributed by atoms with Crippen LogP contribution in [0.2, 0.25) is 0 Å². The fourth-order valence-electron chi connectivity index (χ4n) is 8.43. The minimum absolute atomic E-state index is 0.0186. The molecule has 9 unspecified atom stereocenters. The molecule has 0 aromatic carbocycles. The molecule has 0 spiro atoms. The molecule has 3 fully saturated rings. The topological polar surface area (TPSA) is 75.8 Å². The highest BCUT2D eigenvalue weighted by molar-refractivity contribution is 5.87. The maximum Gasteiger partial charge on any atom is 0.333 e. The number of esters is 1. The molecule has 3 rings (SSSR count). The van der Waals surface area contributed by atoms with E-state index >= 15 is 0 Å². The summed E-state index contributed by atoms with van der Waals surface area (Å²) in [6.07, 6.45) is 9.58. The molecule has 2 saturated carbocycles.